The molecule has 0 spiro atoms. The van der Waals surface area contributed by atoms with Gasteiger partial charge in [0.2, 0.25) is 5.91 Å². The van der Waals surface area contributed by atoms with Crippen molar-refractivity contribution in [2.45, 2.75) is 25.2 Å². The zero-order valence-electron chi connectivity index (χ0n) is 14.0. The molecule has 0 saturated carbocycles. The first-order valence-electron chi connectivity index (χ1n) is 7.90. The van der Waals surface area contributed by atoms with Crippen LogP contribution in [0.15, 0.2) is 47.4 Å². The van der Waals surface area contributed by atoms with Gasteiger partial charge in [0.15, 0.2) is 0 Å². The normalized spacial score (nSPS) is 10.5. The third kappa shape index (κ3) is 6.46. The second-order valence-corrected chi connectivity index (χ2v) is 7.10. The van der Waals surface area contributed by atoms with Crippen LogP contribution in [-0.4, -0.2) is 24.8 Å². The van der Waals surface area contributed by atoms with Crippen LogP contribution >= 0.6 is 23.4 Å². The van der Waals surface area contributed by atoms with Crippen LogP contribution in [-0.2, 0) is 4.79 Å². The predicted molar refractivity (Wildman–Crippen MR) is 101 cm³/mol. The molecule has 2 aromatic carbocycles. The lowest BCUT2D eigenvalue weighted by Gasteiger charge is -2.09. The molecule has 0 aliphatic rings. The Balaban J connectivity index is 1.59. The molecule has 1 N–H and O–H groups in total. The van der Waals surface area contributed by atoms with Gasteiger partial charge in [-0.25, -0.2) is 0 Å². The SMILES string of the molecule is Cc1ccc(SCCC(=O)NCCOc2ccc(C)c(Cl)c2)cc1. The van der Waals surface area contributed by atoms with Crippen molar-refractivity contribution in [2.75, 3.05) is 18.9 Å². The van der Waals surface area contributed by atoms with Crippen molar-refractivity contribution in [3.05, 3.63) is 58.6 Å². The standard InChI is InChI=1S/C19H22ClNO2S/c1-14-3-7-17(8-4-14)24-12-9-19(22)21-10-11-23-16-6-5-15(2)18(20)13-16/h3-8,13H,9-12H2,1-2H3,(H,21,22). The summed E-state index contributed by atoms with van der Waals surface area (Å²) in [7, 11) is 0. The molecule has 0 saturated heterocycles. The number of benzene rings is 2. The number of nitrogens with one attached hydrogen (secondary N) is 1. The van der Waals surface area contributed by atoms with Crippen LogP contribution < -0.4 is 10.1 Å². The number of rotatable bonds is 8. The minimum atomic E-state index is 0.0418. The molecule has 2 rings (SSSR count). The number of hydrogen-bond donors (Lipinski definition) is 1. The van der Waals surface area contributed by atoms with Crippen LogP contribution in [0.4, 0.5) is 0 Å². The number of thioether (sulfide) groups is 1. The Morgan fingerprint density at radius 2 is 1.92 bits per heavy atom. The van der Waals surface area contributed by atoms with Gasteiger partial charge in [-0.2, -0.15) is 0 Å². The first kappa shape index (κ1) is 18.7. The molecule has 128 valence electrons. The zero-order chi connectivity index (χ0) is 17.4. The average Bonchev–Trinajstić information content (AvgIpc) is 2.56. The van der Waals surface area contributed by atoms with E-state index in [4.69, 9.17) is 16.3 Å². The van der Waals surface area contributed by atoms with Gasteiger partial charge in [-0.3, -0.25) is 4.79 Å². The van der Waals surface area contributed by atoms with E-state index in [0.29, 0.717) is 24.6 Å². The van der Waals surface area contributed by atoms with Crippen LogP contribution in [0.3, 0.4) is 0 Å². The molecule has 0 bridgehead atoms. The Labute approximate surface area is 152 Å². The molecule has 1 amide bonds. The molecule has 0 fully saturated rings. The molecule has 0 aliphatic heterocycles. The van der Waals surface area contributed by atoms with E-state index in [2.05, 4.69) is 36.5 Å². The maximum absolute atomic E-state index is 11.8. The largest absolute Gasteiger partial charge is 0.492 e. The minimum absolute atomic E-state index is 0.0418. The highest BCUT2D eigenvalue weighted by molar-refractivity contribution is 7.99. The second kappa shape index (κ2) is 9.60. The van der Waals surface area contributed by atoms with E-state index in [9.17, 15) is 4.79 Å². The number of aryl methyl sites for hydroxylation is 2. The van der Waals surface area contributed by atoms with Crippen LogP contribution in [0.1, 0.15) is 17.5 Å². The first-order valence-corrected chi connectivity index (χ1v) is 9.26. The lowest BCUT2D eigenvalue weighted by Crippen LogP contribution is -2.28. The summed E-state index contributed by atoms with van der Waals surface area (Å²) in [5, 5.41) is 3.55. The summed E-state index contributed by atoms with van der Waals surface area (Å²) < 4.78 is 5.57. The Kier molecular flexibility index (Phi) is 7.47. The molecule has 0 unspecified atom stereocenters. The molecule has 24 heavy (non-hydrogen) atoms. The quantitative estimate of drug-likeness (QED) is 0.548. The van der Waals surface area contributed by atoms with Crippen LogP contribution in [0.5, 0.6) is 5.75 Å². The van der Waals surface area contributed by atoms with E-state index in [0.717, 1.165) is 17.1 Å². The fourth-order valence-corrected chi connectivity index (χ4v) is 3.03. The number of halogens is 1. The van der Waals surface area contributed by atoms with E-state index < -0.39 is 0 Å². The number of hydrogen-bond acceptors (Lipinski definition) is 3. The topological polar surface area (TPSA) is 38.3 Å². The first-order chi connectivity index (χ1) is 11.5. The summed E-state index contributed by atoms with van der Waals surface area (Å²) in [4.78, 5) is 13.0. The van der Waals surface area contributed by atoms with Crippen LogP contribution in [0.2, 0.25) is 5.02 Å². The van der Waals surface area contributed by atoms with Gasteiger partial charge in [-0.1, -0.05) is 35.4 Å². The van der Waals surface area contributed by atoms with Gasteiger partial charge in [0.1, 0.15) is 12.4 Å². The highest BCUT2D eigenvalue weighted by Gasteiger charge is 2.03. The fourth-order valence-electron chi connectivity index (χ4n) is 2.01. The molecule has 2 aromatic rings. The zero-order valence-corrected chi connectivity index (χ0v) is 15.5. The Morgan fingerprint density at radius 3 is 2.62 bits per heavy atom. The van der Waals surface area contributed by atoms with Gasteiger partial charge in [0.25, 0.3) is 0 Å². The molecule has 0 heterocycles. The van der Waals surface area contributed by atoms with Crippen molar-refractivity contribution in [1.29, 1.82) is 0 Å². The summed E-state index contributed by atoms with van der Waals surface area (Å²) in [6.45, 7) is 4.92. The third-order valence-corrected chi connectivity index (χ3v) is 4.88. The van der Waals surface area contributed by atoms with E-state index in [1.165, 1.54) is 10.5 Å². The summed E-state index contributed by atoms with van der Waals surface area (Å²) in [5.41, 5.74) is 2.26. The average molecular weight is 364 g/mol. The third-order valence-electron chi connectivity index (χ3n) is 3.46. The molecule has 0 atom stereocenters. The van der Waals surface area contributed by atoms with Crippen molar-refractivity contribution < 1.29 is 9.53 Å². The van der Waals surface area contributed by atoms with Crippen LogP contribution in [0.25, 0.3) is 0 Å². The van der Waals surface area contributed by atoms with E-state index in [-0.39, 0.29) is 5.91 Å². The highest BCUT2D eigenvalue weighted by Crippen LogP contribution is 2.21. The van der Waals surface area contributed by atoms with Crippen molar-refractivity contribution in [2.24, 2.45) is 0 Å². The molecule has 0 aliphatic carbocycles. The maximum Gasteiger partial charge on any atom is 0.220 e. The van der Waals surface area contributed by atoms with Crippen molar-refractivity contribution >= 4 is 29.3 Å². The summed E-state index contributed by atoms with van der Waals surface area (Å²) in [6.07, 6.45) is 0.495. The summed E-state index contributed by atoms with van der Waals surface area (Å²) >= 11 is 7.73. The monoisotopic (exact) mass is 363 g/mol. The molecule has 3 nitrogen and oxygen atoms in total. The molecule has 0 aromatic heterocycles. The van der Waals surface area contributed by atoms with E-state index in [1.807, 2.05) is 19.1 Å². The highest BCUT2D eigenvalue weighted by atomic mass is 35.5. The van der Waals surface area contributed by atoms with E-state index >= 15 is 0 Å². The Bertz CT molecular complexity index is 674. The van der Waals surface area contributed by atoms with Crippen molar-refractivity contribution in [3.8, 4) is 5.75 Å². The Hall–Kier alpha value is -1.65. The predicted octanol–water partition coefficient (Wildman–Crippen LogP) is 4.63. The van der Waals surface area contributed by atoms with Crippen LogP contribution in [0, 0.1) is 13.8 Å². The van der Waals surface area contributed by atoms with Gasteiger partial charge >= 0.3 is 0 Å². The lowest BCUT2D eigenvalue weighted by atomic mass is 10.2. The summed E-state index contributed by atoms with van der Waals surface area (Å²) in [5.74, 6) is 1.53. The number of carbonyl (C=O) groups is 1. The summed E-state index contributed by atoms with van der Waals surface area (Å²) in [6, 6.07) is 13.9. The maximum atomic E-state index is 11.8. The molecular formula is C19H22ClNO2S. The molecular weight excluding hydrogens is 342 g/mol. The van der Waals surface area contributed by atoms with Gasteiger partial charge in [-0.15, -0.1) is 11.8 Å². The second-order valence-electron chi connectivity index (χ2n) is 5.52. The van der Waals surface area contributed by atoms with Crippen molar-refractivity contribution in [1.82, 2.24) is 5.32 Å². The minimum Gasteiger partial charge on any atom is -0.492 e. The molecule has 0 radical (unpaired) electrons. The molecule has 5 heteroatoms. The van der Waals surface area contributed by atoms with Gasteiger partial charge in [0.05, 0.1) is 6.54 Å². The smallest absolute Gasteiger partial charge is 0.220 e. The fraction of sp³-hybridized carbons (Fsp3) is 0.316. The van der Waals surface area contributed by atoms with Crippen molar-refractivity contribution in [3.63, 3.8) is 0 Å². The number of amides is 1. The van der Waals surface area contributed by atoms with E-state index in [1.54, 1.807) is 17.8 Å². The lowest BCUT2D eigenvalue weighted by molar-refractivity contribution is -0.120. The number of ether oxygens (including phenoxy) is 1. The van der Waals surface area contributed by atoms with Gasteiger partial charge in [-0.05, 0) is 43.7 Å². The number of carbonyl (C=O) groups excluding carboxylic acids is 1. The Morgan fingerprint density at radius 1 is 1.17 bits per heavy atom. The van der Waals surface area contributed by atoms with Gasteiger partial charge in [0, 0.05) is 22.1 Å². The van der Waals surface area contributed by atoms with Gasteiger partial charge < -0.3 is 10.1 Å².